The van der Waals surface area contributed by atoms with Gasteiger partial charge in [0.05, 0.1) is 17.6 Å². The van der Waals surface area contributed by atoms with Gasteiger partial charge in [-0.05, 0) is 31.9 Å². The van der Waals surface area contributed by atoms with Crippen molar-refractivity contribution in [3.63, 3.8) is 0 Å². The molecule has 0 amide bonds. The summed E-state index contributed by atoms with van der Waals surface area (Å²) in [5.74, 6) is 0.452. The molecule has 0 unspecified atom stereocenters. The van der Waals surface area contributed by atoms with E-state index in [0.29, 0.717) is 12.8 Å². The smallest absolute Gasteiger partial charge is 0.167 e. The number of allylic oxidation sites excluding steroid dienone is 1. The zero-order chi connectivity index (χ0) is 24.9. The van der Waals surface area contributed by atoms with E-state index < -0.39 is 0 Å². The average Bonchev–Trinajstić information content (AvgIpc) is 2.86. The Bertz CT molecular complexity index is 1120. The predicted octanol–water partition coefficient (Wildman–Crippen LogP) is 8.08. The highest BCUT2D eigenvalue weighted by Crippen LogP contribution is 2.25. The fraction of sp³-hybridized carbons (Fsp3) is 0.333. The summed E-state index contributed by atoms with van der Waals surface area (Å²) in [6.45, 7) is 10.1. The Morgan fingerprint density at radius 2 is 1.74 bits per heavy atom. The van der Waals surface area contributed by atoms with E-state index in [2.05, 4.69) is 16.9 Å². The summed E-state index contributed by atoms with van der Waals surface area (Å²) in [4.78, 5) is 31.9. The minimum atomic E-state index is 0. The van der Waals surface area contributed by atoms with Crippen LogP contribution in [0.3, 0.4) is 0 Å². The molecule has 0 atom stereocenters. The lowest BCUT2D eigenvalue weighted by Crippen LogP contribution is -2.04. The fourth-order valence-corrected chi connectivity index (χ4v) is 3.54. The van der Waals surface area contributed by atoms with E-state index in [-0.39, 0.29) is 13.0 Å². The van der Waals surface area contributed by atoms with E-state index in [1.165, 1.54) is 12.0 Å². The standard InChI is InChI=1S/C15H12N2O.C13H18O.C2H6.H2/c1-10-8-16-9-14(17-10)12-5-6-13-11(7-12)3-2-4-15(13)18;1-3-4-5-6-13(14)12-9-7-11(2)8-10-12;1-2;/h2-3,5-9H,4H2,1H3;7-10H,3-6H2,1-2H3;1-2H3;1H. The summed E-state index contributed by atoms with van der Waals surface area (Å²) in [6.07, 6.45) is 11.9. The molecule has 180 valence electrons. The van der Waals surface area contributed by atoms with Crippen LogP contribution in [0.1, 0.15) is 91.8 Å². The molecular weight excluding hydrogens is 420 g/mol. The van der Waals surface area contributed by atoms with Gasteiger partial charge in [0.2, 0.25) is 0 Å². The number of hydrogen-bond donors (Lipinski definition) is 0. The monoisotopic (exact) mass is 458 g/mol. The average molecular weight is 459 g/mol. The summed E-state index contributed by atoms with van der Waals surface area (Å²) < 4.78 is 0. The summed E-state index contributed by atoms with van der Waals surface area (Å²) in [5.41, 5.74) is 6.53. The Labute approximate surface area is 205 Å². The molecule has 34 heavy (non-hydrogen) atoms. The van der Waals surface area contributed by atoms with Crippen molar-refractivity contribution in [1.82, 2.24) is 9.97 Å². The fourth-order valence-electron chi connectivity index (χ4n) is 3.54. The molecule has 4 heteroatoms. The third-order valence-corrected chi connectivity index (χ3v) is 5.38. The molecule has 2 aromatic carbocycles. The second kappa shape index (κ2) is 14.0. The van der Waals surface area contributed by atoms with Gasteiger partial charge in [0.25, 0.3) is 0 Å². The van der Waals surface area contributed by atoms with Crippen LogP contribution in [0, 0.1) is 13.8 Å². The van der Waals surface area contributed by atoms with Gasteiger partial charge in [-0.1, -0.05) is 87.7 Å². The molecule has 0 aliphatic heterocycles. The molecule has 1 aliphatic carbocycles. The molecule has 0 saturated heterocycles. The molecule has 0 N–H and O–H groups in total. The van der Waals surface area contributed by atoms with Crippen molar-refractivity contribution >= 4 is 17.6 Å². The SMILES string of the molecule is CC.CCCCCC(=O)c1ccc(C)cc1.Cc1cncc(-c2ccc3c(c2)C=CCC3=O)n1.[HH]. The molecule has 1 heterocycles. The second-order valence-corrected chi connectivity index (χ2v) is 8.12. The number of benzene rings is 2. The Kier molecular flexibility index (Phi) is 11.0. The number of aromatic nitrogens is 2. The zero-order valence-electron chi connectivity index (χ0n) is 21.1. The van der Waals surface area contributed by atoms with Gasteiger partial charge in [0.15, 0.2) is 11.6 Å². The summed E-state index contributed by atoms with van der Waals surface area (Å²) in [7, 11) is 0. The Morgan fingerprint density at radius 3 is 2.41 bits per heavy atom. The number of fused-ring (bicyclic) bond motifs is 1. The third-order valence-electron chi connectivity index (χ3n) is 5.38. The number of rotatable bonds is 6. The van der Waals surface area contributed by atoms with Gasteiger partial charge in [0, 0.05) is 37.2 Å². The van der Waals surface area contributed by atoms with E-state index in [9.17, 15) is 9.59 Å². The van der Waals surface area contributed by atoms with Crippen molar-refractivity contribution in [2.24, 2.45) is 0 Å². The number of Topliss-reactive ketones (excluding diaryl/α,β-unsaturated/α-hetero) is 2. The largest absolute Gasteiger partial charge is 0.294 e. The molecule has 1 aromatic heterocycles. The van der Waals surface area contributed by atoms with Crippen molar-refractivity contribution in [3.8, 4) is 11.3 Å². The molecule has 0 radical (unpaired) electrons. The van der Waals surface area contributed by atoms with Crippen molar-refractivity contribution < 1.29 is 11.0 Å². The van der Waals surface area contributed by atoms with E-state index in [1.807, 2.05) is 82.3 Å². The van der Waals surface area contributed by atoms with Gasteiger partial charge in [-0.25, -0.2) is 4.98 Å². The molecule has 0 spiro atoms. The first kappa shape index (κ1) is 26.8. The maximum Gasteiger partial charge on any atom is 0.167 e. The highest BCUT2D eigenvalue weighted by atomic mass is 16.1. The molecule has 4 rings (SSSR count). The molecule has 0 saturated carbocycles. The van der Waals surface area contributed by atoms with Crippen LogP contribution in [0.2, 0.25) is 0 Å². The lowest BCUT2D eigenvalue weighted by atomic mass is 9.94. The van der Waals surface area contributed by atoms with Crippen molar-refractivity contribution in [3.05, 3.63) is 88.9 Å². The first-order valence-corrected chi connectivity index (χ1v) is 12.2. The number of hydrogen-bond acceptors (Lipinski definition) is 4. The molecule has 0 bridgehead atoms. The van der Waals surface area contributed by atoms with E-state index in [4.69, 9.17) is 0 Å². The van der Waals surface area contributed by atoms with Crippen LogP contribution >= 0.6 is 0 Å². The van der Waals surface area contributed by atoms with Gasteiger partial charge in [-0.3, -0.25) is 14.6 Å². The quantitative estimate of drug-likeness (QED) is 0.277. The van der Waals surface area contributed by atoms with Gasteiger partial charge in [-0.2, -0.15) is 0 Å². The van der Waals surface area contributed by atoms with E-state index in [1.54, 1.807) is 12.4 Å². The molecule has 4 nitrogen and oxygen atoms in total. The van der Waals surface area contributed by atoms with Crippen molar-refractivity contribution in [2.75, 3.05) is 0 Å². The van der Waals surface area contributed by atoms with Crippen LogP contribution in [0.25, 0.3) is 17.3 Å². The zero-order valence-corrected chi connectivity index (χ0v) is 21.1. The maximum atomic E-state index is 11.7. The highest BCUT2D eigenvalue weighted by molar-refractivity contribution is 6.03. The summed E-state index contributed by atoms with van der Waals surface area (Å²) in [5, 5.41) is 0. The van der Waals surface area contributed by atoms with Gasteiger partial charge < -0.3 is 0 Å². The number of nitrogens with zero attached hydrogens (tertiary/aromatic N) is 2. The Morgan fingerprint density at radius 1 is 1.00 bits per heavy atom. The maximum absolute atomic E-state index is 11.7. The molecule has 0 fully saturated rings. The lowest BCUT2D eigenvalue weighted by molar-refractivity contribution is 0.0976. The predicted molar refractivity (Wildman–Crippen MR) is 143 cm³/mol. The van der Waals surface area contributed by atoms with Crippen molar-refractivity contribution in [2.45, 2.75) is 66.7 Å². The Hall–Kier alpha value is -3.40. The van der Waals surface area contributed by atoms with Crippen LogP contribution in [0.15, 0.2) is 60.9 Å². The number of ketones is 2. The minimum absolute atomic E-state index is 0. The minimum Gasteiger partial charge on any atom is -0.294 e. The van der Waals surface area contributed by atoms with Crippen LogP contribution in [-0.4, -0.2) is 21.5 Å². The highest BCUT2D eigenvalue weighted by Gasteiger charge is 2.14. The molecule has 1 aliphatic rings. The number of aryl methyl sites for hydroxylation is 2. The first-order valence-electron chi connectivity index (χ1n) is 12.2. The normalized spacial score (nSPS) is 11.5. The van der Waals surface area contributed by atoms with Crippen molar-refractivity contribution in [1.29, 1.82) is 0 Å². The van der Waals surface area contributed by atoms with Crippen LogP contribution < -0.4 is 0 Å². The van der Waals surface area contributed by atoms with E-state index >= 15 is 0 Å². The second-order valence-electron chi connectivity index (χ2n) is 8.12. The van der Waals surface area contributed by atoms with Crippen LogP contribution in [0.4, 0.5) is 0 Å². The lowest BCUT2D eigenvalue weighted by Gasteiger charge is -2.11. The van der Waals surface area contributed by atoms with E-state index in [0.717, 1.165) is 46.5 Å². The Balaban J connectivity index is 0.000000328. The first-order chi connectivity index (χ1) is 16.5. The molecular formula is C30H38N2O2. The summed E-state index contributed by atoms with van der Waals surface area (Å²) in [6, 6.07) is 13.6. The molecule has 3 aromatic rings. The van der Waals surface area contributed by atoms with Crippen LogP contribution in [0.5, 0.6) is 0 Å². The van der Waals surface area contributed by atoms with Gasteiger partial charge >= 0.3 is 0 Å². The van der Waals surface area contributed by atoms with Gasteiger partial charge in [0.1, 0.15) is 0 Å². The number of carbonyl (C=O) groups is 2. The summed E-state index contributed by atoms with van der Waals surface area (Å²) >= 11 is 0. The number of carbonyl (C=O) groups excluding carboxylic acids is 2. The topological polar surface area (TPSA) is 59.9 Å². The number of unbranched alkanes of at least 4 members (excludes halogenated alkanes) is 2. The van der Waals surface area contributed by atoms with Gasteiger partial charge in [-0.15, -0.1) is 0 Å². The third kappa shape index (κ3) is 7.87. The van der Waals surface area contributed by atoms with Crippen LogP contribution in [-0.2, 0) is 0 Å².